The summed E-state index contributed by atoms with van der Waals surface area (Å²) >= 11 is 3.79. The van der Waals surface area contributed by atoms with Crippen LogP contribution in [-0.4, -0.2) is 17.5 Å². The molecule has 1 saturated heterocycles. The van der Waals surface area contributed by atoms with Gasteiger partial charge in [0.05, 0.1) is 6.10 Å². The SMILES string of the molecule is BrC1CCCOC1C1CCCCCC1. The van der Waals surface area contributed by atoms with Crippen molar-refractivity contribution in [3.05, 3.63) is 0 Å². The maximum Gasteiger partial charge on any atom is 0.0728 e. The normalized spacial score (nSPS) is 36.6. The van der Waals surface area contributed by atoms with Gasteiger partial charge >= 0.3 is 0 Å². The monoisotopic (exact) mass is 260 g/mol. The van der Waals surface area contributed by atoms with Gasteiger partial charge in [-0.25, -0.2) is 0 Å². The predicted molar refractivity (Wildman–Crippen MR) is 62.9 cm³/mol. The van der Waals surface area contributed by atoms with Gasteiger partial charge in [-0.3, -0.25) is 0 Å². The molecular formula is C12H21BrO. The highest BCUT2D eigenvalue weighted by molar-refractivity contribution is 9.09. The van der Waals surface area contributed by atoms with Gasteiger partial charge in [0.25, 0.3) is 0 Å². The standard InChI is InChI=1S/C12H21BrO/c13-11-8-5-9-14-12(11)10-6-3-1-2-4-7-10/h10-12H,1-9H2. The Balaban J connectivity index is 1.90. The summed E-state index contributed by atoms with van der Waals surface area (Å²) in [6.07, 6.45) is 11.6. The summed E-state index contributed by atoms with van der Waals surface area (Å²) in [5.41, 5.74) is 0. The third kappa shape index (κ3) is 2.73. The van der Waals surface area contributed by atoms with Gasteiger partial charge in [0, 0.05) is 11.4 Å². The van der Waals surface area contributed by atoms with Gasteiger partial charge in [-0.05, 0) is 31.6 Å². The van der Waals surface area contributed by atoms with E-state index >= 15 is 0 Å². The van der Waals surface area contributed by atoms with Crippen LogP contribution in [0, 0.1) is 5.92 Å². The van der Waals surface area contributed by atoms with E-state index in [-0.39, 0.29) is 0 Å². The average molecular weight is 261 g/mol. The summed E-state index contributed by atoms with van der Waals surface area (Å²) in [5.74, 6) is 0.835. The molecule has 82 valence electrons. The number of hydrogen-bond acceptors (Lipinski definition) is 1. The Kier molecular flexibility index (Phi) is 4.30. The zero-order chi connectivity index (χ0) is 9.80. The molecule has 0 aromatic heterocycles. The van der Waals surface area contributed by atoms with Crippen molar-refractivity contribution in [1.82, 2.24) is 0 Å². The highest BCUT2D eigenvalue weighted by atomic mass is 79.9. The molecule has 0 N–H and O–H groups in total. The lowest BCUT2D eigenvalue weighted by molar-refractivity contribution is -0.0184. The van der Waals surface area contributed by atoms with Crippen molar-refractivity contribution < 1.29 is 4.74 Å². The second kappa shape index (κ2) is 5.50. The van der Waals surface area contributed by atoms with E-state index in [4.69, 9.17) is 4.74 Å². The van der Waals surface area contributed by atoms with E-state index < -0.39 is 0 Å². The summed E-state index contributed by atoms with van der Waals surface area (Å²) in [6.45, 7) is 0.989. The van der Waals surface area contributed by atoms with Crippen LogP contribution in [0.2, 0.25) is 0 Å². The van der Waals surface area contributed by atoms with Crippen molar-refractivity contribution in [2.75, 3.05) is 6.61 Å². The van der Waals surface area contributed by atoms with Crippen LogP contribution in [0.4, 0.5) is 0 Å². The minimum atomic E-state index is 0.516. The molecule has 2 unspecified atom stereocenters. The molecule has 2 rings (SSSR count). The fourth-order valence-corrected chi connectivity index (χ4v) is 3.75. The quantitative estimate of drug-likeness (QED) is 0.514. The van der Waals surface area contributed by atoms with Crippen LogP contribution < -0.4 is 0 Å². The van der Waals surface area contributed by atoms with Gasteiger partial charge in [0.2, 0.25) is 0 Å². The molecule has 2 aliphatic rings. The second-order valence-electron chi connectivity index (χ2n) is 4.75. The van der Waals surface area contributed by atoms with Gasteiger partial charge in [0.15, 0.2) is 0 Å². The molecule has 1 nitrogen and oxygen atoms in total. The molecule has 0 spiro atoms. The van der Waals surface area contributed by atoms with E-state index in [1.54, 1.807) is 0 Å². The maximum atomic E-state index is 5.94. The fourth-order valence-electron chi connectivity index (χ4n) is 2.84. The molecule has 1 saturated carbocycles. The van der Waals surface area contributed by atoms with Crippen molar-refractivity contribution in [3.63, 3.8) is 0 Å². The maximum absolute atomic E-state index is 5.94. The third-order valence-electron chi connectivity index (χ3n) is 3.66. The molecule has 2 atom stereocenters. The van der Waals surface area contributed by atoms with Crippen molar-refractivity contribution in [2.24, 2.45) is 5.92 Å². The molecule has 0 aromatic rings. The zero-order valence-corrected chi connectivity index (χ0v) is 10.5. The third-order valence-corrected chi connectivity index (χ3v) is 4.63. The van der Waals surface area contributed by atoms with Crippen LogP contribution in [0.25, 0.3) is 0 Å². The topological polar surface area (TPSA) is 9.23 Å². The lowest BCUT2D eigenvalue weighted by Crippen LogP contribution is -2.36. The summed E-state index contributed by atoms with van der Waals surface area (Å²) in [5, 5.41) is 0. The Bertz CT molecular complexity index is 164. The zero-order valence-electron chi connectivity index (χ0n) is 8.88. The molecule has 0 radical (unpaired) electrons. The van der Waals surface area contributed by atoms with Crippen LogP contribution in [0.5, 0.6) is 0 Å². The van der Waals surface area contributed by atoms with Crippen LogP contribution in [-0.2, 0) is 4.74 Å². The van der Waals surface area contributed by atoms with E-state index in [0.29, 0.717) is 10.9 Å². The van der Waals surface area contributed by atoms with Gasteiger partial charge in [0.1, 0.15) is 0 Å². The Morgan fingerprint density at radius 2 is 1.57 bits per heavy atom. The Hall–Kier alpha value is 0.440. The van der Waals surface area contributed by atoms with Crippen molar-refractivity contribution >= 4 is 15.9 Å². The van der Waals surface area contributed by atoms with Crippen molar-refractivity contribution in [3.8, 4) is 0 Å². The van der Waals surface area contributed by atoms with E-state index in [0.717, 1.165) is 12.5 Å². The molecule has 14 heavy (non-hydrogen) atoms. The predicted octanol–water partition coefficient (Wildman–Crippen LogP) is 3.90. The molecule has 2 heteroatoms. The van der Waals surface area contributed by atoms with E-state index in [1.807, 2.05) is 0 Å². The van der Waals surface area contributed by atoms with Crippen molar-refractivity contribution in [1.29, 1.82) is 0 Å². The van der Waals surface area contributed by atoms with E-state index in [1.165, 1.54) is 51.4 Å². The number of ether oxygens (including phenoxy) is 1. The minimum absolute atomic E-state index is 0.516. The van der Waals surface area contributed by atoms with Gasteiger partial charge in [-0.2, -0.15) is 0 Å². The average Bonchev–Trinajstić information content (AvgIpc) is 2.47. The van der Waals surface area contributed by atoms with E-state index in [2.05, 4.69) is 15.9 Å². The Morgan fingerprint density at radius 3 is 2.21 bits per heavy atom. The van der Waals surface area contributed by atoms with Gasteiger partial charge in [-0.1, -0.05) is 41.6 Å². The number of halogens is 1. The van der Waals surface area contributed by atoms with Crippen LogP contribution in [0.3, 0.4) is 0 Å². The molecule has 1 aliphatic heterocycles. The van der Waals surface area contributed by atoms with Gasteiger partial charge in [-0.15, -0.1) is 0 Å². The first-order valence-electron chi connectivity index (χ1n) is 6.13. The number of hydrogen-bond donors (Lipinski definition) is 0. The molecule has 0 aromatic carbocycles. The van der Waals surface area contributed by atoms with Crippen molar-refractivity contribution in [2.45, 2.75) is 62.3 Å². The largest absolute Gasteiger partial charge is 0.377 e. The fraction of sp³-hybridized carbons (Fsp3) is 1.00. The Morgan fingerprint density at radius 1 is 0.857 bits per heavy atom. The first-order valence-corrected chi connectivity index (χ1v) is 7.05. The molecule has 0 bridgehead atoms. The van der Waals surface area contributed by atoms with Crippen LogP contribution >= 0.6 is 15.9 Å². The summed E-state index contributed by atoms with van der Waals surface area (Å²) in [6, 6.07) is 0. The smallest absolute Gasteiger partial charge is 0.0728 e. The lowest BCUT2D eigenvalue weighted by Gasteiger charge is -2.34. The number of rotatable bonds is 1. The van der Waals surface area contributed by atoms with E-state index in [9.17, 15) is 0 Å². The first kappa shape index (κ1) is 10.9. The molecule has 2 fully saturated rings. The molecule has 1 aliphatic carbocycles. The van der Waals surface area contributed by atoms with Crippen LogP contribution in [0.15, 0.2) is 0 Å². The lowest BCUT2D eigenvalue weighted by atomic mass is 9.89. The van der Waals surface area contributed by atoms with Gasteiger partial charge < -0.3 is 4.74 Å². The van der Waals surface area contributed by atoms with Crippen LogP contribution in [0.1, 0.15) is 51.4 Å². The summed E-state index contributed by atoms with van der Waals surface area (Å²) in [7, 11) is 0. The first-order chi connectivity index (χ1) is 6.88. The molecule has 1 heterocycles. The summed E-state index contributed by atoms with van der Waals surface area (Å²) in [4.78, 5) is 0.624. The summed E-state index contributed by atoms with van der Waals surface area (Å²) < 4.78 is 5.94. The highest BCUT2D eigenvalue weighted by Crippen LogP contribution is 2.34. The minimum Gasteiger partial charge on any atom is -0.377 e. The Labute approximate surface area is 95.7 Å². The molecule has 0 amide bonds. The second-order valence-corrected chi connectivity index (χ2v) is 5.92. The number of alkyl halides is 1. The highest BCUT2D eigenvalue weighted by Gasteiger charge is 2.31. The molecular weight excluding hydrogens is 240 g/mol.